The molecule has 0 aromatic rings. The van der Waals surface area contributed by atoms with Crippen molar-refractivity contribution in [2.45, 2.75) is 19.3 Å². The summed E-state index contributed by atoms with van der Waals surface area (Å²) in [5, 5.41) is 1.70. The normalized spacial score (nSPS) is 18.7. The van der Waals surface area contributed by atoms with Gasteiger partial charge in [-0.25, -0.2) is 10.2 Å². The Bertz CT molecular complexity index is 150. The van der Waals surface area contributed by atoms with Gasteiger partial charge in [-0.05, 0) is 12.8 Å². The van der Waals surface area contributed by atoms with Crippen molar-refractivity contribution < 1.29 is 4.79 Å². The Morgan fingerprint density at radius 3 is 2.75 bits per heavy atom. The first-order chi connectivity index (χ1) is 5.72. The highest BCUT2D eigenvalue weighted by molar-refractivity contribution is 5.73. The Morgan fingerprint density at radius 2 is 2.08 bits per heavy atom. The molecular formula is C8H17N3O. The molecule has 12 heavy (non-hydrogen) atoms. The average Bonchev–Trinajstić information content (AvgIpc) is 2.30. The van der Waals surface area contributed by atoms with Gasteiger partial charge in [-0.2, -0.15) is 0 Å². The van der Waals surface area contributed by atoms with Crippen molar-refractivity contribution in [3.8, 4) is 0 Å². The van der Waals surface area contributed by atoms with E-state index >= 15 is 0 Å². The van der Waals surface area contributed by atoms with Gasteiger partial charge in [0.15, 0.2) is 0 Å². The number of carbonyl (C=O) groups is 1. The van der Waals surface area contributed by atoms with Gasteiger partial charge in [0.1, 0.15) is 0 Å². The third kappa shape index (κ3) is 2.37. The standard InChI is InChI=1S/C8H17N3O/c1-10(2)8(12)11-7-5-3-4-6-9-11/h9H,3-7H2,1-2H3. The largest absolute Gasteiger partial charge is 0.333 e. The Balaban J connectivity index is 2.43. The first-order valence-electron chi connectivity index (χ1n) is 4.44. The number of hydrogen-bond acceptors (Lipinski definition) is 2. The van der Waals surface area contributed by atoms with Crippen LogP contribution in [0.5, 0.6) is 0 Å². The van der Waals surface area contributed by atoms with E-state index in [1.54, 1.807) is 24.0 Å². The SMILES string of the molecule is CN(C)C(=O)N1CCCCCN1. The van der Waals surface area contributed by atoms with Crippen LogP contribution < -0.4 is 5.43 Å². The molecular weight excluding hydrogens is 154 g/mol. The van der Waals surface area contributed by atoms with Gasteiger partial charge in [0.25, 0.3) is 0 Å². The molecule has 0 unspecified atom stereocenters. The molecule has 4 heteroatoms. The summed E-state index contributed by atoms with van der Waals surface area (Å²) < 4.78 is 0. The highest BCUT2D eigenvalue weighted by Crippen LogP contribution is 2.03. The zero-order valence-corrected chi connectivity index (χ0v) is 7.84. The number of hydrogen-bond donors (Lipinski definition) is 1. The Hall–Kier alpha value is -0.770. The summed E-state index contributed by atoms with van der Waals surface area (Å²) in [4.78, 5) is 13.0. The van der Waals surface area contributed by atoms with E-state index < -0.39 is 0 Å². The smallest absolute Gasteiger partial charge is 0.330 e. The molecule has 4 nitrogen and oxygen atoms in total. The van der Waals surface area contributed by atoms with E-state index in [9.17, 15) is 4.79 Å². The summed E-state index contributed by atoms with van der Waals surface area (Å²) in [7, 11) is 3.55. The van der Waals surface area contributed by atoms with Gasteiger partial charge < -0.3 is 4.90 Å². The van der Waals surface area contributed by atoms with Gasteiger partial charge in [-0.3, -0.25) is 5.01 Å². The molecule has 0 spiro atoms. The molecule has 0 aromatic heterocycles. The molecule has 0 saturated carbocycles. The number of rotatable bonds is 0. The summed E-state index contributed by atoms with van der Waals surface area (Å²) in [6, 6.07) is 0.0527. The minimum atomic E-state index is 0.0527. The zero-order valence-electron chi connectivity index (χ0n) is 7.84. The van der Waals surface area contributed by atoms with E-state index in [1.165, 1.54) is 6.42 Å². The number of urea groups is 1. The van der Waals surface area contributed by atoms with E-state index in [2.05, 4.69) is 5.43 Å². The molecule has 0 aliphatic carbocycles. The molecule has 1 saturated heterocycles. The van der Waals surface area contributed by atoms with Crippen molar-refractivity contribution >= 4 is 6.03 Å². The van der Waals surface area contributed by atoms with Crippen molar-refractivity contribution in [3.63, 3.8) is 0 Å². The molecule has 0 bridgehead atoms. The van der Waals surface area contributed by atoms with Crippen molar-refractivity contribution in [1.29, 1.82) is 0 Å². The van der Waals surface area contributed by atoms with Crippen LogP contribution in [0.2, 0.25) is 0 Å². The lowest BCUT2D eigenvalue weighted by Crippen LogP contribution is -2.47. The lowest BCUT2D eigenvalue weighted by molar-refractivity contribution is 0.149. The maximum atomic E-state index is 11.4. The molecule has 0 aromatic carbocycles. The summed E-state index contributed by atoms with van der Waals surface area (Å²) in [5.74, 6) is 0. The Kier molecular flexibility index (Phi) is 3.34. The Morgan fingerprint density at radius 1 is 1.33 bits per heavy atom. The summed E-state index contributed by atoms with van der Waals surface area (Å²) in [6.45, 7) is 1.75. The Labute approximate surface area is 73.5 Å². The fraction of sp³-hybridized carbons (Fsp3) is 0.875. The van der Waals surface area contributed by atoms with Crippen LogP contribution in [0.3, 0.4) is 0 Å². The van der Waals surface area contributed by atoms with Crippen molar-refractivity contribution in [1.82, 2.24) is 15.3 Å². The summed E-state index contributed by atoms with van der Waals surface area (Å²) in [5.41, 5.74) is 3.10. The van der Waals surface area contributed by atoms with Crippen LogP contribution in [0, 0.1) is 0 Å². The highest BCUT2D eigenvalue weighted by Gasteiger charge is 2.15. The summed E-state index contributed by atoms with van der Waals surface area (Å²) in [6.07, 6.45) is 3.48. The first kappa shape index (κ1) is 9.32. The molecule has 1 rings (SSSR count). The number of amides is 2. The number of nitrogens with zero attached hydrogens (tertiary/aromatic N) is 2. The van der Waals surface area contributed by atoms with E-state index in [1.807, 2.05) is 0 Å². The predicted molar refractivity (Wildman–Crippen MR) is 47.6 cm³/mol. The second kappa shape index (κ2) is 4.30. The fourth-order valence-corrected chi connectivity index (χ4v) is 1.27. The first-order valence-corrected chi connectivity index (χ1v) is 4.44. The highest BCUT2D eigenvalue weighted by atomic mass is 16.2. The zero-order chi connectivity index (χ0) is 8.97. The predicted octanol–water partition coefficient (Wildman–Crippen LogP) is 0.659. The van der Waals surface area contributed by atoms with Crippen molar-refractivity contribution in [2.24, 2.45) is 0 Å². The van der Waals surface area contributed by atoms with Crippen LogP contribution in [0.25, 0.3) is 0 Å². The second-order valence-corrected chi connectivity index (χ2v) is 3.30. The molecule has 1 aliphatic rings. The lowest BCUT2D eigenvalue weighted by atomic mass is 10.2. The molecule has 1 fully saturated rings. The fourth-order valence-electron chi connectivity index (χ4n) is 1.27. The van der Waals surface area contributed by atoms with Crippen LogP contribution in [0.4, 0.5) is 4.79 Å². The van der Waals surface area contributed by atoms with Gasteiger partial charge in [-0.15, -0.1) is 0 Å². The number of nitrogens with one attached hydrogen (secondary N) is 1. The minimum absolute atomic E-state index is 0.0527. The summed E-state index contributed by atoms with van der Waals surface area (Å²) >= 11 is 0. The van der Waals surface area contributed by atoms with E-state index in [0.29, 0.717) is 0 Å². The van der Waals surface area contributed by atoms with Crippen molar-refractivity contribution in [3.05, 3.63) is 0 Å². The maximum absolute atomic E-state index is 11.4. The average molecular weight is 171 g/mol. The molecule has 1 heterocycles. The van der Waals surface area contributed by atoms with Crippen LogP contribution in [0.1, 0.15) is 19.3 Å². The minimum Gasteiger partial charge on any atom is -0.330 e. The van der Waals surface area contributed by atoms with Crippen LogP contribution in [-0.4, -0.2) is 43.1 Å². The van der Waals surface area contributed by atoms with Gasteiger partial charge >= 0.3 is 6.03 Å². The molecule has 70 valence electrons. The maximum Gasteiger partial charge on any atom is 0.333 e. The van der Waals surface area contributed by atoms with Crippen LogP contribution >= 0.6 is 0 Å². The van der Waals surface area contributed by atoms with Crippen LogP contribution in [-0.2, 0) is 0 Å². The van der Waals surface area contributed by atoms with Crippen molar-refractivity contribution in [2.75, 3.05) is 27.2 Å². The molecule has 2 amide bonds. The lowest BCUT2D eigenvalue weighted by Gasteiger charge is -2.24. The van der Waals surface area contributed by atoms with Gasteiger partial charge in [0.2, 0.25) is 0 Å². The molecule has 0 atom stereocenters. The molecule has 0 radical (unpaired) electrons. The van der Waals surface area contributed by atoms with Gasteiger partial charge in [0, 0.05) is 27.2 Å². The van der Waals surface area contributed by atoms with Gasteiger partial charge in [-0.1, -0.05) is 6.42 Å². The monoisotopic (exact) mass is 171 g/mol. The van der Waals surface area contributed by atoms with E-state index in [-0.39, 0.29) is 6.03 Å². The molecule has 1 aliphatic heterocycles. The third-order valence-corrected chi connectivity index (χ3v) is 1.97. The van der Waals surface area contributed by atoms with Crippen LogP contribution in [0.15, 0.2) is 0 Å². The quantitative estimate of drug-likeness (QED) is 0.581. The van der Waals surface area contributed by atoms with E-state index in [4.69, 9.17) is 0 Å². The molecule has 1 N–H and O–H groups in total. The number of hydrazine groups is 1. The third-order valence-electron chi connectivity index (χ3n) is 1.97. The van der Waals surface area contributed by atoms with E-state index in [0.717, 1.165) is 25.9 Å². The van der Waals surface area contributed by atoms with Gasteiger partial charge in [0.05, 0.1) is 0 Å². The number of carbonyl (C=O) groups excluding carboxylic acids is 1. The topological polar surface area (TPSA) is 35.6 Å². The second-order valence-electron chi connectivity index (χ2n) is 3.30.